The van der Waals surface area contributed by atoms with E-state index in [0.29, 0.717) is 0 Å². The van der Waals surface area contributed by atoms with E-state index in [1.165, 1.54) is 24.2 Å². The number of hydrogen-bond donors (Lipinski definition) is 1. The summed E-state index contributed by atoms with van der Waals surface area (Å²) < 4.78 is 2.32. The van der Waals surface area contributed by atoms with E-state index in [1.807, 2.05) is 0 Å². The third-order valence-corrected chi connectivity index (χ3v) is 3.38. The molecule has 4 heteroatoms. The van der Waals surface area contributed by atoms with Crippen molar-refractivity contribution in [2.24, 2.45) is 0 Å². The van der Waals surface area contributed by atoms with Gasteiger partial charge < -0.3 is 4.57 Å². The zero-order valence-electron chi connectivity index (χ0n) is 8.92. The van der Waals surface area contributed by atoms with E-state index in [1.54, 1.807) is 12.1 Å². The molecule has 0 atom stereocenters. The minimum atomic E-state index is 0.0955. The molecular formula is C11H15N3O. The Morgan fingerprint density at radius 1 is 1.40 bits per heavy atom. The first-order valence-corrected chi connectivity index (χ1v) is 5.50. The SMILES string of the molecule is CN1NCc2c(cc3n2CCCC3)C1=O. The van der Waals surface area contributed by atoms with Crippen molar-refractivity contribution < 1.29 is 4.79 Å². The molecule has 80 valence electrons. The molecule has 0 fully saturated rings. The third-order valence-electron chi connectivity index (χ3n) is 3.38. The third kappa shape index (κ3) is 1.21. The van der Waals surface area contributed by atoms with E-state index >= 15 is 0 Å². The van der Waals surface area contributed by atoms with Crippen molar-refractivity contribution in [3.05, 3.63) is 23.0 Å². The van der Waals surface area contributed by atoms with Crippen molar-refractivity contribution in [3.63, 3.8) is 0 Å². The highest BCUT2D eigenvalue weighted by Gasteiger charge is 2.27. The summed E-state index contributed by atoms with van der Waals surface area (Å²) in [6, 6.07) is 2.08. The second kappa shape index (κ2) is 3.10. The number of aromatic nitrogens is 1. The number of fused-ring (bicyclic) bond motifs is 3. The monoisotopic (exact) mass is 205 g/mol. The predicted molar refractivity (Wildman–Crippen MR) is 56.3 cm³/mol. The molecule has 0 saturated heterocycles. The second-order valence-electron chi connectivity index (χ2n) is 4.30. The first kappa shape index (κ1) is 8.97. The summed E-state index contributed by atoms with van der Waals surface area (Å²) in [6.45, 7) is 1.85. The molecule has 1 N–H and O–H groups in total. The van der Waals surface area contributed by atoms with Gasteiger partial charge in [-0.05, 0) is 25.3 Å². The molecule has 0 aliphatic carbocycles. The fourth-order valence-electron chi connectivity index (χ4n) is 2.53. The van der Waals surface area contributed by atoms with Gasteiger partial charge in [-0.15, -0.1) is 0 Å². The Morgan fingerprint density at radius 2 is 2.27 bits per heavy atom. The van der Waals surface area contributed by atoms with Crippen LogP contribution in [0.5, 0.6) is 0 Å². The Morgan fingerprint density at radius 3 is 3.13 bits per heavy atom. The van der Waals surface area contributed by atoms with Crippen molar-refractivity contribution in [2.45, 2.75) is 32.4 Å². The molecule has 0 radical (unpaired) electrons. The van der Waals surface area contributed by atoms with Crippen LogP contribution in [0.25, 0.3) is 0 Å². The average Bonchev–Trinajstić information content (AvgIpc) is 2.63. The Labute approximate surface area is 88.8 Å². The molecule has 0 bridgehead atoms. The highest BCUT2D eigenvalue weighted by atomic mass is 16.2. The Balaban J connectivity index is 2.12. The van der Waals surface area contributed by atoms with Crippen molar-refractivity contribution in [2.75, 3.05) is 7.05 Å². The van der Waals surface area contributed by atoms with Gasteiger partial charge >= 0.3 is 0 Å². The van der Waals surface area contributed by atoms with Gasteiger partial charge in [-0.3, -0.25) is 9.80 Å². The summed E-state index contributed by atoms with van der Waals surface area (Å²) in [4.78, 5) is 11.9. The van der Waals surface area contributed by atoms with Gasteiger partial charge in [0.1, 0.15) is 0 Å². The van der Waals surface area contributed by atoms with E-state index in [2.05, 4.69) is 16.1 Å². The number of nitrogens with zero attached hydrogens (tertiary/aromatic N) is 2. The summed E-state index contributed by atoms with van der Waals surface area (Å²) >= 11 is 0. The average molecular weight is 205 g/mol. The topological polar surface area (TPSA) is 37.3 Å². The van der Waals surface area contributed by atoms with Crippen molar-refractivity contribution >= 4 is 5.91 Å². The largest absolute Gasteiger partial charge is 0.347 e. The lowest BCUT2D eigenvalue weighted by Crippen LogP contribution is -2.44. The molecule has 0 saturated carbocycles. The van der Waals surface area contributed by atoms with Crippen LogP contribution in [0.4, 0.5) is 0 Å². The lowest BCUT2D eigenvalue weighted by molar-refractivity contribution is 0.0682. The fraction of sp³-hybridized carbons (Fsp3) is 0.545. The van der Waals surface area contributed by atoms with Crippen LogP contribution in [-0.2, 0) is 19.5 Å². The number of hydrazine groups is 1. The number of nitrogens with one attached hydrogen (secondary N) is 1. The second-order valence-corrected chi connectivity index (χ2v) is 4.30. The summed E-state index contributed by atoms with van der Waals surface area (Å²) in [5.74, 6) is 0.0955. The first-order valence-electron chi connectivity index (χ1n) is 5.50. The Hall–Kier alpha value is -1.29. The molecule has 3 heterocycles. The van der Waals surface area contributed by atoms with Crippen molar-refractivity contribution in [3.8, 4) is 0 Å². The molecule has 15 heavy (non-hydrogen) atoms. The zero-order chi connectivity index (χ0) is 10.4. The van der Waals surface area contributed by atoms with Crippen LogP contribution in [0.2, 0.25) is 0 Å². The summed E-state index contributed by atoms with van der Waals surface area (Å²) in [7, 11) is 1.78. The summed E-state index contributed by atoms with van der Waals surface area (Å²) in [5, 5.41) is 1.58. The molecule has 0 aromatic carbocycles. The molecule has 4 nitrogen and oxygen atoms in total. The van der Waals surface area contributed by atoms with E-state index < -0.39 is 0 Å². The van der Waals surface area contributed by atoms with Crippen LogP contribution < -0.4 is 5.43 Å². The molecule has 2 aliphatic heterocycles. The van der Waals surface area contributed by atoms with Gasteiger partial charge in [-0.1, -0.05) is 0 Å². The van der Waals surface area contributed by atoms with Gasteiger partial charge in [0.25, 0.3) is 5.91 Å². The molecule has 2 aliphatic rings. The van der Waals surface area contributed by atoms with Gasteiger partial charge in [0.15, 0.2) is 0 Å². The smallest absolute Gasteiger partial charge is 0.269 e. The molecule has 1 amide bonds. The molecule has 0 unspecified atom stereocenters. The van der Waals surface area contributed by atoms with Crippen molar-refractivity contribution in [1.82, 2.24) is 15.0 Å². The van der Waals surface area contributed by atoms with Crippen LogP contribution in [0, 0.1) is 0 Å². The van der Waals surface area contributed by atoms with Gasteiger partial charge in [0.2, 0.25) is 0 Å². The van der Waals surface area contributed by atoms with Crippen LogP contribution >= 0.6 is 0 Å². The highest BCUT2D eigenvalue weighted by Crippen LogP contribution is 2.25. The lowest BCUT2D eigenvalue weighted by atomic mass is 10.1. The van der Waals surface area contributed by atoms with E-state index in [9.17, 15) is 4.79 Å². The van der Waals surface area contributed by atoms with Crippen LogP contribution in [0.3, 0.4) is 0 Å². The normalized spacial score (nSPS) is 20.1. The van der Waals surface area contributed by atoms with Crippen LogP contribution in [-0.4, -0.2) is 22.5 Å². The zero-order valence-corrected chi connectivity index (χ0v) is 8.92. The fourth-order valence-corrected chi connectivity index (χ4v) is 2.53. The first-order chi connectivity index (χ1) is 7.27. The van der Waals surface area contributed by atoms with Crippen molar-refractivity contribution in [1.29, 1.82) is 0 Å². The van der Waals surface area contributed by atoms with Gasteiger partial charge in [0.05, 0.1) is 12.1 Å². The standard InChI is InChI=1S/C11H15N3O/c1-13-11(15)9-6-8-4-2-3-5-14(8)10(9)7-12-13/h6,12H,2-5,7H2,1H3. The van der Waals surface area contributed by atoms with Crippen LogP contribution in [0.15, 0.2) is 6.07 Å². The van der Waals surface area contributed by atoms with Gasteiger partial charge in [0, 0.05) is 25.0 Å². The molecule has 1 aromatic heterocycles. The molecule has 1 aromatic rings. The van der Waals surface area contributed by atoms with E-state index in [-0.39, 0.29) is 5.91 Å². The number of hydrogen-bond acceptors (Lipinski definition) is 2. The Kier molecular flexibility index (Phi) is 1.85. The van der Waals surface area contributed by atoms with Crippen LogP contribution in [0.1, 0.15) is 34.6 Å². The predicted octanol–water partition coefficient (Wildman–Crippen LogP) is 0.915. The quantitative estimate of drug-likeness (QED) is 0.683. The number of amides is 1. The van der Waals surface area contributed by atoms with Gasteiger partial charge in [-0.2, -0.15) is 0 Å². The summed E-state index contributed by atoms with van der Waals surface area (Å²) in [6.07, 6.45) is 3.60. The Bertz CT molecular complexity index is 422. The van der Waals surface area contributed by atoms with E-state index in [0.717, 1.165) is 25.1 Å². The minimum absolute atomic E-state index is 0.0955. The molecular weight excluding hydrogens is 190 g/mol. The number of carbonyl (C=O) groups is 1. The maximum Gasteiger partial charge on any atom is 0.269 e. The number of aryl methyl sites for hydroxylation is 1. The lowest BCUT2D eigenvalue weighted by Gasteiger charge is -2.26. The molecule has 0 spiro atoms. The minimum Gasteiger partial charge on any atom is -0.347 e. The molecule has 3 rings (SSSR count). The highest BCUT2D eigenvalue weighted by molar-refractivity contribution is 5.96. The maximum absolute atomic E-state index is 11.9. The van der Waals surface area contributed by atoms with Gasteiger partial charge in [-0.25, -0.2) is 5.43 Å². The maximum atomic E-state index is 11.9. The number of rotatable bonds is 0. The van der Waals surface area contributed by atoms with E-state index in [4.69, 9.17) is 0 Å². The number of carbonyl (C=O) groups excluding carboxylic acids is 1. The summed E-state index contributed by atoms with van der Waals surface area (Å²) in [5.41, 5.74) is 6.49.